The average Bonchev–Trinajstić information content (AvgIpc) is 3.09. The van der Waals surface area contributed by atoms with Crippen LogP contribution in [0.2, 0.25) is 0 Å². The van der Waals surface area contributed by atoms with Crippen molar-refractivity contribution in [3.05, 3.63) is 71.5 Å². The molecule has 1 aromatic heterocycles. The van der Waals surface area contributed by atoms with Crippen LogP contribution in [-0.4, -0.2) is 29.7 Å². The molecule has 3 rings (SSSR count). The molecular weight excluding hydrogens is 382 g/mol. The summed E-state index contributed by atoms with van der Waals surface area (Å²) in [6.45, 7) is 3.60. The minimum absolute atomic E-state index is 0.0739. The SMILES string of the molecule is COC(=O)c1c(N)c(C#N)cn1-c1ccc(-c2cccc(C(=O)OC(C)C)c2)cc1. The predicted octanol–water partition coefficient (Wildman–Crippen LogP) is 3.95. The van der Waals surface area contributed by atoms with Crippen LogP contribution in [0.4, 0.5) is 5.69 Å². The van der Waals surface area contributed by atoms with Gasteiger partial charge in [0.05, 0.1) is 30.0 Å². The lowest BCUT2D eigenvalue weighted by molar-refractivity contribution is 0.0377. The van der Waals surface area contributed by atoms with Gasteiger partial charge in [-0.25, -0.2) is 9.59 Å². The van der Waals surface area contributed by atoms with Gasteiger partial charge in [-0.15, -0.1) is 0 Å². The van der Waals surface area contributed by atoms with Gasteiger partial charge in [0.2, 0.25) is 0 Å². The molecule has 7 nitrogen and oxygen atoms in total. The van der Waals surface area contributed by atoms with Gasteiger partial charge in [0.25, 0.3) is 0 Å². The Morgan fingerprint density at radius 2 is 1.77 bits per heavy atom. The van der Waals surface area contributed by atoms with Crippen LogP contribution in [0.3, 0.4) is 0 Å². The summed E-state index contributed by atoms with van der Waals surface area (Å²) in [6.07, 6.45) is 1.30. The van der Waals surface area contributed by atoms with Crippen molar-refractivity contribution >= 4 is 17.6 Å². The third-order valence-electron chi connectivity index (χ3n) is 4.46. The molecule has 0 saturated heterocycles. The molecule has 0 fully saturated rings. The summed E-state index contributed by atoms with van der Waals surface area (Å²) in [5, 5.41) is 9.24. The number of rotatable bonds is 5. The predicted molar refractivity (Wildman–Crippen MR) is 112 cm³/mol. The zero-order valence-electron chi connectivity index (χ0n) is 16.9. The van der Waals surface area contributed by atoms with Crippen molar-refractivity contribution in [2.75, 3.05) is 12.8 Å². The number of nitrogen functional groups attached to an aromatic ring is 1. The number of hydrogen-bond donors (Lipinski definition) is 1. The lowest BCUT2D eigenvalue weighted by atomic mass is 10.0. The zero-order chi connectivity index (χ0) is 21.8. The van der Waals surface area contributed by atoms with Crippen LogP contribution < -0.4 is 5.73 Å². The first-order chi connectivity index (χ1) is 14.3. The largest absolute Gasteiger partial charge is 0.464 e. The van der Waals surface area contributed by atoms with Crippen molar-refractivity contribution in [3.63, 3.8) is 0 Å². The number of benzene rings is 2. The number of carbonyl (C=O) groups is 2. The van der Waals surface area contributed by atoms with E-state index in [9.17, 15) is 14.9 Å². The Hall–Kier alpha value is -4.05. The molecule has 0 bridgehead atoms. The van der Waals surface area contributed by atoms with E-state index in [1.807, 2.05) is 24.3 Å². The van der Waals surface area contributed by atoms with Gasteiger partial charge in [0.1, 0.15) is 6.07 Å². The van der Waals surface area contributed by atoms with Crippen molar-refractivity contribution in [3.8, 4) is 22.9 Å². The monoisotopic (exact) mass is 403 g/mol. The van der Waals surface area contributed by atoms with Crippen LogP contribution in [0, 0.1) is 11.3 Å². The third-order valence-corrected chi connectivity index (χ3v) is 4.46. The first-order valence-electron chi connectivity index (χ1n) is 9.26. The quantitative estimate of drug-likeness (QED) is 0.646. The van der Waals surface area contributed by atoms with E-state index in [1.165, 1.54) is 17.9 Å². The molecule has 0 saturated carbocycles. The maximum Gasteiger partial charge on any atom is 0.357 e. The molecule has 152 valence electrons. The van der Waals surface area contributed by atoms with E-state index < -0.39 is 5.97 Å². The summed E-state index contributed by atoms with van der Waals surface area (Å²) in [7, 11) is 1.26. The van der Waals surface area contributed by atoms with Crippen LogP contribution >= 0.6 is 0 Å². The number of nitriles is 1. The fourth-order valence-electron chi connectivity index (χ4n) is 3.04. The van der Waals surface area contributed by atoms with Gasteiger partial charge in [-0.05, 0) is 49.2 Å². The minimum atomic E-state index is -0.630. The summed E-state index contributed by atoms with van der Waals surface area (Å²) in [5.74, 6) is -1.01. The van der Waals surface area contributed by atoms with E-state index in [0.717, 1.165) is 11.1 Å². The number of esters is 2. The first-order valence-corrected chi connectivity index (χ1v) is 9.26. The van der Waals surface area contributed by atoms with Gasteiger partial charge in [-0.2, -0.15) is 5.26 Å². The second-order valence-corrected chi connectivity index (χ2v) is 6.86. The van der Waals surface area contributed by atoms with Gasteiger partial charge in [0.15, 0.2) is 5.69 Å². The molecule has 2 N–H and O–H groups in total. The smallest absolute Gasteiger partial charge is 0.357 e. The molecular formula is C23H21N3O4. The number of methoxy groups -OCH3 is 1. The normalized spacial score (nSPS) is 10.5. The number of nitrogens with two attached hydrogens (primary N) is 1. The maximum atomic E-state index is 12.2. The average molecular weight is 403 g/mol. The fourth-order valence-corrected chi connectivity index (χ4v) is 3.04. The molecule has 0 unspecified atom stereocenters. The van der Waals surface area contributed by atoms with Crippen LogP contribution in [0.15, 0.2) is 54.7 Å². The Morgan fingerprint density at radius 1 is 1.07 bits per heavy atom. The lowest BCUT2D eigenvalue weighted by Crippen LogP contribution is -2.11. The van der Waals surface area contributed by atoms with E-state index in [0.29, 0.717) is 11.3 Å². The van der Waals surface area contributed by atoms with Gasteiger partial charge in [-0.3, -0.25) is 0 Å². The molecule has 1 heterocycles. The molecule has 0 amide bonds. The van der Waals surface area contributed by atoms with E-state index in [2.05, 4.69) is 0 Å². The number of carbonyl (C=O) groups excluding carboxylic acids is 2. The van der Waals surface area contributed by atoms with Crippen molar-refractivity contribution < 1.29 is 19.1 Å². The topological polar surface area (TPSA) is 107 Å². The van der Waals surface area contributed by atoms with Crippen molar-refractivity contribution in [2.24, 2.45) is 0 Å². The highest BCUT2D eigenvalue weighted by molar-refractivity contribution is 5.96. The summed E-state index contributed by atoms with van der Waals surface area (Å²) >= 11 is 0. The van der Waals surface area contributed by atoms with Crippen LogP contribution in [0.5, 0.6) is 0 Å². The number of anilines is 1. The molecule has 0 aliphatic rings. The second kappa shape index (κ2) is 8.53. The molecule has 0 aliphatic carbocycles. The van der Waals surface area contributed by atoms with Crippen LogP contribution in [0.25, 0.3) is 16.8 Å². The van der Waals surface area contributed by atoms with Crippen LogP contribution in [0.1, 0.15) is 40.3 Å². The van der Waals surface area contributed by atoms with Gasteiger partial charge < -0.3 is 19.8 Å². The summed E-state index contributed by atoms with van der Waals surface area (Å²) < 4.78 is 11.6. The van der Waals surface area contributed by atoms with Gasteiger partial charge in [-0.1, -0.05) is 24.3 Å². The Labute approximate surface area is 174 Å². The van der Waals surface area contributed by atoms with E-state index >= 15 is 0 Å². The molecule has 0 aliphatic heterocycles. The van der Waals surface area contributed by atoms with Gasteiger partial charge in [0, 0.05) is 11.9 Å². The molecule has 7 heteroatoms. The van der Waals surface area contributed by atoms with E-state index in [1.54, 1.807) is 44.2 Å². The second-order valence-electron chi connectivity index (χ2n) is 6.86. The van der Waals surface area contributed by atoms with E-state index in [4.69, 9.17) is 15.2 Å². The Kier molecular flexibility index (Phi) is 5.88. The Balaban J connectivity index is 1.96. The first kappa shape index (κ1) is 20.7. The molecule has 0 spiro atoms. The molecule has 3 aromatic rings. The van der Waals surface area contributed by atoms with Crippen LogP contribution in [-0.2, 0) is 9.47 Å². The third kappa shape index (κ3) is 4.03. The lowest BCUT2D eigenvalue weighted by Gasteiger charge is -2.11. The fraction of sp³-hybridized carbons (Fsp3) is 0.174. The van der Waals surface area contributed by atoms with Crippen molar-refractivity contribution in [1.82, 2.24) is 4.57 Å². The summed E-state index contributed by atoms with van der Waals surface area (Å²) in [6, 6.07) is 16.4. The van der Waals surface area contributed by atoms with Crippen molar-refractivity contribution in [2.45, 2.75) is 20.0 Å². The minimum Gasteiger partial charge on any atom is -0.464 e. The van der Waals surface area contributed by atoms with E-state index in [-0.39, 0.29) is 29.0 Å². The summed E-state index contributed by atoms with van der Waals surface area (Å²) in [4.78, 5) is 24.3. The Morgan fingerprint density at radius 3 is 2.37 bits per heavy atom. The number of hydrogen-bond acceptors (Lipinski definition) is 6. The molecule has 2 aromatic carbocycles. The maximum absolute atomic E-state index is 12.2. The number of aromatic nitrogens is 1. The van der Waals surface area contributed by atoms with Gasteiger partial charge >= 0.3 is 11.9 Å². The highest BCUT2D eigenvalue weighted by atomic mass is 16.5. The summed E-state index contributed by atoms with van der Waals surface area (Å²) in [5.41, 5.74) is 9.13. The van der Waals surface area contributed by atoms with Crippen molar-refractivity contribution in [1.29, 1.82) is 5.26 Å². The number of nitrogens with zero attached hydrogens (tertiary/aromatic N) is 2. The highest BCUT2D eigenvalue weighted by Gasteiger charge is 2.21. The number of ether oxygens (including phenoxy) is 2. The molecule has 0 radical (unpaired) electrons. The molecule has 30 heavy (non-hydrogen) atoms. The highest BCUT2D eigenvalue weighted by Crippen LogP contribution is 2.27. The standard InChI is InChI=1S/C23H21N3O4/c1-14(2)30-22(27)17-6-4-5-16(11-17)15-7-9-19(10-8-15)26-13-18(12-24)20(25)21(26)23(28)29-3/h4-11,13-14H,25H2,1-3H3. The Bertz CT molecular complexity index is 1140. The zero-order valence-corrected chi connectivity index (χ0v) is 16.9. The molecule has 0 atom stereocenters.